The molecule has 26 heavy (non-hydrogen) atoms. The van der Waals surface area contributed by atoms with Crippen molar-refractivity contribution in [2.45, 2.75) is 19.8 Å². The number of carbonyl (C=O) groups is 3. The molecular formula is C18H22BrClN2O4. The van der Waals surface area contributed by atoms with E-state index >= 15 is 0 Å². The van der Waals surface area contributed by atoms with Gasteiger partial charge < -0.3 is 14.5 Å². The molecule has 1 fully saturated rings. The van der Waals surface area contributed by atoms with Gasteiger partial charge in [0.05, 0.1) is 29.7 Å². The number of likely N-dealkylation sites (tertiary alicyclic amines) is 1. The largest absolute Gasteiger partial charge is 0.466 e. The molecule has 0 N–H and O–H groups in total. The lowest BCUT2D eigenvalue weighted by Crippen LogP contribution is -2.45. The second-order valence-corrected chi connectivity index (χ2v) is 7.52. The maximum Gasteiger partial charge on any atom is 0.309 e. The molecule has 1 aliphatic rings. The van der Waals surface area contributed by atoms with E-state index in [4.69, 9.17) is 16.3 Å². The van der Waals surface area contributed by atoms with Gasteiger partial charge >= 0.3 is 5.97 Å². The third-order valence-corrected chi connectivity index (χ3v) is 5.17. The smallest absolute Gasteiger partial charge is 0.309 e. The van der Waals surface area contributed by atoms with E-state index in [1.165, 1.54) is 4.90 Å². The van der Waals surface area contributed by atoms with Crippen molar-refractivity contribution in [3.8, 4) is 0 Å². The minimum Gasteiger partial charge on any atom is -0.466 e. The summed E-state index contributed by atoms with van der Waals surface area (Å²) in [5, 5.41) is 0.341. The molecule has 6 nitrogen and oxygen atoms in total. The number of benzene rings is 1. The number of hydrogen-bond donors (Lipinski definition) is 0. The Morgan fingerprint density at radius 1 is 1.31 bits per heavy atom. The van der Waals surface area contributed by atoms with Crippen molar-refractivity contribution >= 4 is 45.3 Å². The lowest BCUT2D eigenvalue weighted by atomic mass is 9.97. The average Bonchev–Trinajstić information content (AvgIpc) is 2.63. The van der Waals surface area contributed by atoms with Crippen molar-refractivity contribution in [1.82, 2.24) is 9.80 Å². The maximum absolute atomic E-state index is 12.5. The lowest BCUT2D eigenvalue weighted by Gasteiger charge is -2.32. The quantitative estimate of drug-likeness (QED) is 0.654. The molecule has 1 saturated heterocycles. The van der Waals surface area contributed by atoms with Gasteiger partial charge in [-0.05, 0) is 38.0 Å². The summed E-state index contributed by atoms with van der Waals surface area (Å²) >= 11 is 9.40. The van der Waals surface area contributed by atoms with Gasteiger partial charge in [-0.1, -0.05) is 27.5 Å². The minimum absolute atomic E-state index is 0.0360. The Hall–Kier alpha value is -1.60. The number of likely N-dealkylation sites (N-methyl/N-ethyl adjacent to an activating group) is 1. The Bertz CT molecular complexity index is 690. The van der Waals surface area contributed by atoms with Gasteiger partial charge in [-0.2, -0.15) is 0 Å². The van der Waals surface area contributed by atoms with Crippen molar-refractivity contribution in [2.24, 2.45) is 5.92 Å². The van der Waals surface area contributed by atoms with Crippen molar-refractivity contribution in [3.05, 3.63) is 33.3 Å². The third kappa shape index (κ3) is 5.20. The minimum atomic E-state index is -0.314. The first-order chi connectivity index (χ1) is 12.3. The molecule has 8 heteroatoms. The number of piperidine rings is 1. The summed E-state index contributed by atoms with van der Waals surface area (Å²) < 4.78 is 5.77. The highest BCUT2D eigenvalue weighted by Crippen LogP contribution is 2.23. The Labute approximate surface area is 166 Å². The highest BCUT2D eigenvalue weighted by atomic mass is 79.9. The van der Waals surface area contributed by atoms with Crippen LogP contribution in [0.1, 0.15) is 30.1 Å². The Kier molecular flexibility index (Phi) is 7.46. The Balaban J connectivity index is 1.90. The molecule has 0 saturated carbocycles. The molecule has 142 valence electrons. The standard InChI is InChI=1S/C18H22BrClN2O4/c1-3-26-18(25)12-6-8-22(9-7-12)16(23)11-21(2)17(24)14-10-13(19)4-5-15(14)20/h4-5,10,12H,3,6-9,11H2,1-2H3. The summed E-state index contributed by atoms with van der Waals surface area (Å²) in [5.74, 6) is -0.810. The first-order valence-electron chi connectivity index (χ1n) is 8.48. The van der Waals surface area contributed by atoms with Crippen LogP contribution in [0, 0.1) is 5.92 Å². The fourth-order valence-corrected chi connectivity index (χ4v) is 3.43. The van der Waals surface area contributed by atoms with Crippen LogP contribution < -0.4 is 0 Å². The number of hydrogen-bond acceptors (Lipinski definition) is 4. The molecule has 0 atom stereocenters. The predicted molar refractivity (Wildman–Crippen MR) is 102 cm³/mol. The number of amides is 2. The summed E-state index contributed by atoms with van der Waals surface area (Å²) in [4.78, 5) is 39.8. The molecule has 0 unspecified atom stereocenters. The number of carbonyl (C=O) groups excluding carboxylic acids is 3. The zero-order valence-electron chi connectivity index (χ0n) is 14.8. The zero-order chi connectivity index (χ0) is 19.3. The highest BCUT2D eigenvalue weighted by molar-refractivity contribution is 9.10. The molecule has 1 aromatic carbocycles. The first-order valence-corrected chi connectivity index (χ1v) is 9.65. The molecule has 0 aromatic heterocycles. The average molecular weight is 446 g/mol. The van der Waals surface area contributed by atoms with Crippen LogP contribution in [0.4, 0.5) is 0 Å². The molecule has 1 aliphatic heterocycles. The van der Waals surface area contributed by atoms with E-state index in [0.717, 1.165) is 4.47 Å². The van der Waals surface area contributed by atoms with Gasteiger partial charge in [-0.15, -0.1) is 0 Å². The molecule has 0 spiro atoms. The maximum atomic E-state index is 12.5. The van der Waals surface area contributed by atoms with Crippen molar-refractivity contribution < 1.29 is 19.1 Å². The zero-order valence-corrected chi connectivity index (χ0v) is 17.2. The Morgan fingerprint density at radius 3 is 2.58 bits per heavy atom. The molecule has 0 radical (unpaired) electrons. The van der Waals surface area contributed by atoms with Gasteiger partial charge in [0.15, 0.2) is 0 Å². The SMILES string of the molecule is CCOC(=O)C1CCN(C(=O)CN(C)C(=O)c2cc(Br)ccc2Cl)CC1. The molecule has 0 bridgehead atoms. The van der Waals surface area contributed by atoms with Gasteiger partial charge in [-0.3, -0.25) is 14.4 Å². The van der Waals surface area contributed by atoms with Crippen molar-refractivity contribution in [2.75, 3.05) is 33.3 Å². The van der Waals surface area contributed by atoms with Crippen LogP contribution in [0.15, 0.2) is 22.7 Å². The predicted octanol–water partition coefficient (Wildman–Crippen LogP) is 2.98. The summed E-state index contributed by atoms with van der Waals surface area (Å²) in [6.45, 7) is 3.08. The second kappa shape index (κ2) is 9.37. The lowest BCUT2D eigenvalue weighted by molar-refractivity contribution is -0.151. The summed E-state index contributed by atoms with van der Waals surface area (Å²) in [5.41, 5.74) is 0.345. The van der Waals surface area contributed by atoms with Crippen molar-refractivity contribution in [3.63, 3.8) is 0 Å². The molecule has 1 aromatic rings. The van der Waals surface area contributed by atoms with E-state index in [1.807, 2.05) is 0 Å². The third-order valence-electron chi connectivity index (χ3n) is 4.35. The second-order valence-electron chi connectivity index (χ2n) is 6.19. The number of ether oxygens (including phenoxy) is 1. The van der Waals surface area contributed by atoms with Crippen LogP contribution in [-0.4, -0.2) is 60.9 Å². The van der Waals surface area contributed by atoms with E-state index in [2.05, 4.69) is 15.9 Å². The first kappa shape index (κ1) is 20.7. The molecule has 1 heterocycles. The van der Waals surface area contributed by atoms with Crippen LogP contribution in [0.3, 0.4) is 0 Å². The van der Waals surface area contributed by atoms with Gasteiger partial charge in [0, 0.05) is 24.6 Å². The topological polar surface area (TPSA) is 66.9 Å². The number of nitrogens with zero attached hydrogens (tertiary/aromatic N) is 2. The van der Waals surface area contributed by atoms with Gasteiger partial charge in [0.2, 0.25) is 5.91 Å². The van der Waals surface area contributed by atoms with E-state index in [9.17, 15) is 14.4 Å². The molecule has 0 aliphatic carbocycles. The summed E-state index contributed by atoms with van der Waals surface area (Å²) in [6, 6.07) is 5.02. The molecule has 2 amide bonds. The van der Waals surface area contributed by atoms with Gasteiger partial charge in [0.1, 0.15) is 0 Å². The number of halogens is 2. The highest BCUT2D eigenvalue weighted by Gasteiger charge is 2.29. The van der Waals surface area contributed by atoms with E-state index in [-0.39, 0.29) is 30.2 Å². The fraction of sp³-hybridized carbons (Fsp3) is 0.500. The molecule has 2 rings (SSSR count). The van der Waals surface area contributed by atoms with Crippen LogP contribution in [0.5, 0.6) is 0 Å². The van der Waals surface area contributed by atoms with Gasteiger partial charge in [-0.25, -0.2) is 0 Å². The van der Waals surface area contributed by atoms with Crippen LogP contribution in [0.2, 0.25) is 5.02 Å². The summed E-state index contributed by atoms with van der Waals surface area (Å²) in [6.07, 6.45) is 1.17. The monoisotopic (exact) mass is 444 g/mol. The van der Waals surface area contributed by atoms with Crippen LogP contribution in [0.25, 0.3) is 0 Å². The van der Waals surface area contributed by atoms with E-state index < -0.39 is 0 Å². The fourth-order valence-electron chi connectivity index (χ4n) is 2.87. The normalized spacial score (nSPS) is 14.8. The Morgan fingerprint density at radius 2 is 1.96 bits per heavy atom. The van der Waals surface area contributed by atoms with Crippen molar-refractivity contribution in [1.29, 1.82) is 0 Å². The van der Waals surface area contributed by atoms with E-state index in [0.29, 0.717) is 43.1 Å². The molecular weight excluding hydrogens is 424 g/mol. The number of esters is 1. The number of rotatable bonds is 5. The van der Waals surface area contributed by atoms with Crippen LogP contribution in [-0.2, 0) is 14.3 Å². The van der Waals surface area contributed by atoms with Gasteiger partial charge in [0.25, 0.3) is 5.91 Å². The van der Waals surface area contributed by atoms with Crippen LogP contribution >= 0.6 is 27.5 Å². The van der Waals surface area contributed by atoms with E-state index in [1.54, 1.807) is 37.1 Å². The summed E-state index contributed by atoms with van der Waals surface area (Å²) in [7, 11) is 1.57.